The molecule has 0 spiro atoms. The third-order valence-corrected chi connectivity index (χ3v) is 4.10. The van der Waals surface area contributed by atoms with E-state index in [0.29, 0.717) is 0 Å². The summed E-state index contributed by atoms with van der Waals surface area (Å²) in [6.45, 7) is 3.57. The van der Waals surface area contributed by atoms with Crippen molar-refractivity contribution in [3.05, 3.63) is 21.9 Å². The van der Waals surface area contributed by atoms with Crippen LogP contribution in [0.25, 0.3) is 0 Å². The Bertz CT molecular complexity index is 355. The number of aryl methyl sites for hydroxylation is 1. The minimum absolute atomic E-state index is 0.164. The normalized spacial score (nSPS) is 18.1. The molecule has 0 unspecified atom stereocenters. The first kappa shape index (κ1) is 11.0. The molecule has 0 bridgehead atoms. The largest absolute Gasteiger partial charge is 0.339 e. The number of rotatable bonds is 1. The van der Waals surface area contributed by atoms with Gasteiger partial charge in [0, 0.05) is 23.8 Å². The summed E-state index contributed by atoms with van der Waals surface area (Å²) in [6.07, 6.45) is 1.83. The van der Waals surface area contributed by atoms with Crippen LogP contribution in [-0.4, -0.2) is 29.3 Å². The Hall–Kier alpha value is -0.540. The van der Waals surface area contributed by atoms with Crippen molar-refractivity contribution in [2.75, 3.05) is 13.1 Å². The van der Waals surface area contributed by atoms with Gasteiger partial charge in [0.05, 0.1) is 5.56 Å². The first-order valence-electron chi connectivity index (χ1n) is 5.14. The summed E-state index contributed by atoms with van der Waals surface area (Å²) < 4.78 is 0. The topological polar surface area (TPSA) is 20.3 Å². The SMILES string of the molecule is Cc1cscc1C(=O)N1CCC(Cl)CC1. The molecule has 1 saturated heterocycles. The standard InChI is InChI=1S/C11H14ClNOS/c1-8-6-15-7-10(8)11(14)13-4-2-9(12)3-5-13/h6-7,9H,2-5H2,1H3. The van der Waals surface area contributed by atoms with Crippen LogP contribution in [0.4, 0.5) is 0 Å². The fourth-order valence-corrected chi connectivity index (χ4v) is 2.82. The number of likely N-dealkylation sites (tertiary alicyclic amines) is 1. The van der Waals surface area contributed by atoms with Gasteiger partial charge < -0.3 is 4.90 Å². The Morgan fingerprint density at radius 3 is 2.67 bits per heavy atom. The van der Waals surface area contributed by atoms with Crippen LogP contribution in [0.15, 0.2) is 10.8 Å². The number of thiophene rings is 1. The molecule has 2 rings (SSSR count). The van der Waals surface area contributed by atoms with E-state index in [4.69, 9.17) is 11.6 Å². The first-order valence-corrected chi connectivity index (χ1v) is 6.52. The van der Waals surface area contributed by atoms with Crippen LogP contribution in [-0.2, 0) is 0 Å². The molecule has 1 aromatic rings. The molecule has 0 aliphatic carbocycles. The molecule has 15 heavy (non-hydrogen) atoms. The van der Waals surface area contributed by atoms with Crippen LogP contribution < -0.4 is 0 Å². The highest BCUT2D eigenvalue weighted by molar-refractivity contribution is 7.08. The maximum Gasteiger partial charge on any atom is 0.254 e. The summed E-state index contributed by atoms with van der Waals surface area (Å²) in [6, 6.07) is 0. The van der Waals surface area contributed by atoms with Crippen LogP contribution in [0.2, 0.25) is 0 Å². The second-order valence-electron chi connectivity index (χ2n) is 3.94. The highest BCUT2D eigenvalue weighted by atomic mass is 35.5. The number of piperidine rings is 1. The van der Waals surface area contributed by atoms with E-state index >= 15 is 0 Å². The minimum Gasteiger partial charge on any atom is -0.339 e. The molecule has 0 saturated carbocycles. The van der Waals surface area contributed by atoms with Crippen molar-refractivity contribution in [3.8, 4) is 0 Å². The summed E-state index contributed by atoms with van der Waals surface area (Å²) in [4.78, 5) is 14.0. The van der Waals surface area contributed by atoms with E-state index in [0.717, 1.165) is 37.1 Å². The lowest BCUT2D eigenvalue weighted by atomic mass is 10.1. The van der Waals surface area contributed by atoms with Crippen LogP contribution >= 0.6 is 22.9 Å². The summed E-state index contributed by atoms with van der Waals surface area (Å²) in [5, 5.41) is 4.20. The highest BCUT2D eigenvalue weighted by Crippen LogP contribution is 2.20. The fourth-order valence-electron chi connectivity index (χ4n) is 1.80. The fraction of sp³-hybridized carbons (Fsp3) is 0.545. The average molecular weight is 244 g/mol. The predicted molar refractivity (Wildman–Crippen MR) is 63.8 cm³/mol. The van der Waals surface area contributed by atoms with Crippen LogP contribution in [0.5, 0.6) is 0 Å². The number of carbonyl (C=O) groups is 1. The van der Waals surface area contributed by atoms with Gasteiger partial charge >= 0.3 is 0 Å². The lowest BCUT2D eigenvalue weighted by Gasteiger charge is -2.29. The minimum atomic E-state index is 0.164. The monoisotopic (exact) mass is 243 g/mol. The first-order chi connectivity index (χ1) is 7.18. The Morgan fingerprint density at radius 1 is 1.47 bits per heavy atom. The van der Waals surface area contributed by atoms with Crippen molar-refractivity contribution in [2.24, 2.45) is 0 Å². The van der Waals surface area contributed by atoms with Crippen molar-refractivity contribution >= 4 is 28.8 Å². The second kappa shape index (κ2) is 4.54. The number of hydrogen-bond acceptors (Lipinski definition) is 2. The molecule has 1 aliphatic heterocycles. The molecule has 1 aliphatic rings. The number of nitrogens with zero attached hydrogens (tertiary/aromatic N) is 1. The lowest BCUT2D eigenvalue weighted by Crippen LogP contribution is -2.38. The van der Waals surface area contributed by atoms with E-state index in [9.17, 15) is 4.79 Å². The molecule has 1 fully saturated rings. The second-order valence-corrected chi connectivity index (χ2v) is 5.30. The molecule has 1 aromatic heterocycles. The van der Waals surface area contributed by atoms with Gasteiger partial charge in [0.2, 0.25) is 0 Å². The van der Waals surface area contributed by atoms with Gasteiger partial charge in [0.15, 0.2) is 0 Å². The Kier molecular flexibility index (Phi) is 3.32. The smallest absolute Gasteiger partial charge is 0.254 e. The highest BCUT2D eigenvalue weighted by Gasteiger charge is 2.23. The summed E-state index contributed by atoms with van der Waals surface area (Å²) in [5.41, 5.74) is 1.94. The Balaban J connectivity index is 2.06. The van der Waals surface area contributed by atoms with Gasteiger partial charge in [-0.2, -0.15) is 11.3 Å². The Morgan fingerprint density at radius 2 is 2.13 bits per heavy atom. The third kappa shape index (κ3) is 2.34. The molecule has 2 heterocycles. The van der Waals surface area contributed by atoms with Crippen molar-refractivity contribution < 1.29 is 4.79 Å². The molecule has 0 N–H and O–H groups in total. The molecule has 82 valence electrons. The third-order valence-electron chi connectivity index (χ3n) is 2.80. The molecular formula is C11H14ClNOS. The Labute approximate surface area is 98.8 Å². The molecule has 0 atom stereocenters. The zero-order valence-electron chi connectivity index (χ0n) is 8.70. The molecule has 0 aromatic carbocycles. The quantitative estimate of drug-likeness (QED) is 0.695. The van der Waals surface area contributed by atoms with E-state index in [-0.39, 0.29) is 11.3 Å². The molecular weight excluding hydrogens is 230 g/mol. The number of alkyl halides is 1. The summed E-state index contributed by atoms with van der Waals surface area (Å²) >= 11 is 7.59. The van der Waals surface area contributed by atoms with Crippen molar-refractivity contribution in [1.29, 1.82) is 0 Å². The van der Waals surface area contributed by atoms with E-state index in [1.165, 1.54) is 0 Å². The predicted octanol–water partition coefficient (Wildman–Crippen LogP) is 2.90. The number of amides is 1. The number of carbonyl (C=O) groups excluding carboxylic acids is 1. The van der Waals surface area contributed by atoms with Crippen molar-refractivity contribution in [3.63, 3.8) is 0 Å². The zero-order chi connectivity index (χ0) is 10.8. The van der Waals surface area contributed by atoms with Gasteiger partial charge in [-0.25, -0.2) is 0 Å². The van der Waals surface area contributed by atoms with Crippen LogP contribution in [0.1, 0.15) is 28.8 Å². The molecule has 1 amide bonds. The van der Waals surface area contributed by atoms with Crippen molar-refractivity contribution in [1.82, 2.24) is 4.90 Å². The van der Waals surface area contributed by atoms with E-state index in [1.807, 2.05) is 22.6 Å². The molecule has 2 nitrogen and oxygen atoms in total. The number of hydrogen-bond donors (Lipinski definition) is 0. The van der Waals surface area contributed by atoms with Gasteiger partial charge in [-0.3, -0.25) is 4.79 Å². The summed E-state index contributed by atoms with van der Waals surface area (Å²) in [5.74, 6) is 0.164. The average Bonchev–Trinajstić information content (AvgIpc) is 2.65. The van der Waals surface area contributed by atoms with Crippen LogP contribution in [0.3, 0.4) is 0 Å². The van der Waals surface area contributed by atoms with Gasteiger partial charge in [0.25, 0.3) is 5.91 Å². The zero-order valence-corrected chi connectivity index (χ0v) is 10.3. The van der Waals surface area contributed by atoms with E-state index in [1.54, 1.807) is 11.3 Å². The van der Waals surface area contributed by atoms with Crippen molar-refractivity contribution in [2.45, 2.75) is 25.1 Å². The maximum absolute atomic E-state index is 12.1. The van der Waals surface area contributed by atoms with Crippen LogP contribution in [0, 0.1) is 6.92 Å². The van der Waals surface area contributed by atoms with E-state index in [2.05, 4.69) is 0 Å². The molecule has 0 radical (unpaired) electrons. The van der Waals surface area contributed by atoms with E-state index < -0.39 is 0 Å². The van der Waals surface area contributed by atoms with Gasteiger partial charge in [0.1, 0.15) is 0 Å². The van der Waals surface area contributed by atoms with Gasteiger partial charge in [-0.15, -0.1) is 11.6 Å². The summed E-state index contributed by atoms with van der Waals surface area (Å²) in [7, 11) is 0. The number of halogens is 1. The van der Waals surface area contributed by atoms with Gasteiger partial charge in [-0.05, 0) is 30.7 Å². The lowest BCUT2D eigenvalue weighted by molar-refractivity contribution is 0.0726. The van der Waals surface area contributed by atoms with Gasteiger partial charge in [-0.1, -0.05) is 0 Å². The molecule has 4 heteroatoms. The maximum atomic E-state index is 12.1.